The molecular formula is C22H20F4N4OS. The molecule has 0 aliphatic carbocycles. The second-order valence-corrected chi connectivity index (χ2v) is 8.73. The van der Waals surface area contributed by atoms with Crippen LogP contribution in [-0.2, 0) is 17.4 Å². The number of thiazole rings is 1. The van der Waals surface area contributed by atoms with Crippen LogP contribution in [0.15, 0.2) is 42.6 Å². The number of rotatable bonds is 6. The summed E-state index contributed by atoms with van der Waals surface area (Å²) in [5.74, 6) is -0.905. The fourth-order valence-electron chi connectivity index (χ4n) is 3.54. The van der Waals surface area contributed by atoms with Gasteiger partial charge in [0.2, 0.25) is 5.91 Å². The van der Waals surface area contributed by atoms with Gasteiger partial charge in [-0.2, -0.15) is 13.2 Å². The lowest BCUT2D eigenvalue weighted by Crippen LogP contribution is -2.34. The number of hydrogen-bond donors (Lipinski definition) is 3. The maximum atomic E-state index is 14.3. The molecule has 0 radical (unpaired) electrons. The highest BCUT2D eigenvalue weighted by atomic mass is 32.1. The molecule has 3 aromatic rings. The van der Waals surface area contributed by atoms with Gasteiger partial charge in [-0.3, -0.25) is 4.79 Å². The van der Waals surface area contributed by atoms with Crippen molar-refractivity contribution < 1.29 is 22.4 Å². The predicted molar refractivity (Wildman–Crippen MR) is 116 cm³/mol. The summed E-state index contributed by atoms with van der Waals surface area (Å²) in [7, 11) is 0. The highest BCUT2D eigenvalue weighted by molar-refractivity contribution is 7.18. The van der Waals surface area contributed by atoms with Crippen LogP contribution in [0.1, 0.15) is 29.5 Å². The summed E-state index contributed by atoms with van der Waals surface area (Å²) in [5, 5.41) is 6.23. The standard InChI is InChI=1S/C22H20F4N4OS/c1-11(12-2-4-15(5-3-12)22(24,25)26)17(27)9-28-21-29-10-18(32-21)13-6-14-8-19(31)30-20(14)16(23)7-13/h2-7,10-11,17H,8-9,27H2,1H3,(H,28,29)(H,30,31)/t11-,17+/m0/s1. The average molecular weight is 464 g/mol. The Balaban J connectivity index is 1.40. The lowest BCUT2D eigenvalue weighted by molar-refractivity contribution is -0.137. The number of fused-ring (bicyclic) bond motifs is 1. The highest BCUT2D eigenvalue weighted by Crippen LogP contribution is 2.35. The minimum absolute atomic E-state index is 0.140. The first-order valence-corrected chi connectivity index (χ1v) is 10.7. The molecular weight excluding hydrogens is 444 g/mol. The molecule has 32 heavy (non-hydrogen) atoms. The first-order chi connectivity index (χ1) is 15.1. The number of benzene rings is 2. The topological polar surface area (TPSA) is 80.0 Å². The Hall–Kier alpha value is -2.98. The molecule has 0 saturated carbocycles. The monoisotopic (exact) mass is 464 g/mol. The van der Waals surface area contributed by atoms with Gasteiger partial charge in [0.1, 0.15) is 5.82 Å². The van der Waals surface area contributed by atoms with Crippen LogP contribution in [0.25, 0.3) is 10.4 Å². The number of aromatic nitrogens is 1. The van der Waals surface area contributed by atoms with Crippen molar-refractivity contribution in [2.45, 2.75) is 31.5 Å². The fourth-order valence-corrected chi connectivity index (χ4v) is 4.35. The van der Waals surface area contributed by atoms with Crippen molar-refractivity contribution in [1.29, 1.82) is 0 Å². The van der Waals surface area contributed by atoms with Crippen molar-refractivity contribution in [1.82, 2.24) is 4.98 Å². The normalized spacial score (nSPS) is 15.2. The lowest BCUT2D eigenvalue weighted by atomic mass is 9.93. The van der Waals surface area contributed by atoms with E-state index in [0.717, 1.165) is 17.0 Å². The molecule has 168 valence electrons. The third-order valence-electron chi connectivity index (χ3n) is 5.47. The van der Waals surface area contributed by atoms with Crippen molar-refractivity contribution >= 4 is 28.1 Å². The second-order valence-electron chi connectivity index (χ2n) is 7.70. The minimum Gasteiger partial charge on any atom is -0.360 e. The molecule has 1 aromatic heterocycles. The average Bonchev–Trinajstić information content (AvgIpc) is 3.37. The molecule has 0 spiro atoms. The molecule has 0 bridgehead atoms. The zero-order valence-corrected chi connectivity index (χ0v) is 17.8. The Kier molecular flexibility index (Phi) is 5.91. The summed E-state index contributed by atoms with van der Waals surface area (Å²) in [6.45, 7) is 2.21. The van der Waals surface area contributed by atoms with Gasteiger partial charge in [0.25, 0.3) is 0 Å². The van der Waals surface area contributed by atoms with Gasteiger partial charge in [-0.05, 0) is 46.9 Å². The number of carbonyl (C=O) groups is 1. The van der Waals surface area contributed by atoms with Crippen LogP contribution in [0.3, 0.4) is 0 Å². The summed E-state index contributed by atoms with van der Waals surface area (Å²) < 4.78 is 52.5. The van der Waals surface area contributed by atoms with Crippen molar-refractivity contribution in [2.24, 2.45) is 5.73 Å². The Morgan fingerprint density at radius 3 is 2.66 bits per heavy atom. The van der Waals surface area contributed by atoms with Crippen molar-refractivity contribution in [3.63, 3.8) is 0 Å². The van der Waals surface area contributed by atoms with E-state index in [4.69, 9.17) is 5.73 Å². The molecule has 2 aromatic carbocycles. The van der Waals surface area contributed by atoms with Crippen LogP contribution < -0.4 is 16.4 Å². The van der Waals surface area contributed by atoms with Crippen molar-refractivity contribution in [3.05, 3.63) is 65.1 Å². The first kappa shape index (κ1) is 22.2. The van der Waals surface area contributed by atoms with Gasteiger partial charge in [-0.15, -0.1) is 0 Å². The molecule has 0 unspecified atom stereocenters. The van der Waals surface area contributed by atoms with E-state index >= 15 is 0 Å². The summed E-state index contributed by atoms with van der Waals surface area (Å²) in [5.41, 5.74) is 7.72. The van der Waals surface area contributed by atoms with E-state index in [-0.39, 0.29) is 30.0 Å². The zero-order valence-electron chi connectivity index (χ0n) is 17.0. The molecule has 4 rings (SSSR count). The van der Waals surface area contributed by atoms with Crippen LogP contribution in [0, 0.1) is 5.82 Å². The number of alkyl halides is 3. The number of halogens is 4. The maximum Gasteiger partial charge on any atom is 0.416 e. The number of nitrogens with zero attached hydrogens (tertiary/aromatic N) is 1. The molecule has 1 aliphatic heterocycles. The number of hydrogen-bond acceptors (Lipinski definition) is 5. The molecule has 0 fully saturated rings. The Morgan fingerprint density at radius 1 is 1.25 bits per heavy atom. The van der Waals surface area contributed by atoms with Gasteiger partial charge in [0.15, 0.2) is 5.13 Å². The van der Waals surface area contributed by atoms with E-state index in [1.165, 1.54) is 29.5 Å². The van der Waals surface area contributed by atoms with Crippen molar-refractivity contribution in [3.8, 4) is 10.4 Å². The predicted octanol–water partition coefficient (Wildman–Crippen LogP) is 5.01. The van der Waals surface area contributed by atoms with Crippen molar-refractivity contribution in [2.75, 3.05) is 17.2 Å². The highest BCUT2D eigenvalue weighted by Gasteiger charge is 2.30. The van der Waals surface area contributed by atoms with Crippen LogP contribution in [0.2, 0.25) is 0 Å². The fraction of sp³-hybridized carbons (Fsp3) is 0.273. The third-order valence-corrected chi connectivity index (χ3v) is 6.48. The summed E-state index contributed by atoms with van der Waals surface area (Å²) in [6, 6.07) is 7.75. The van der Waals surface area contributed by atoms with Crippen LogP contribution in [0.4, 0.5) is 28.4 Å². The number of amides is 1. The van der Waals surface area contributed by atoms with Gasteiger partial charge in [0.05, 0.1) is 22.5 Å². The Morgan fingerprint density at radius 2 is 1.97 bits per heavy atom. The molecule has 5 nitrogen and oxygen atoms in total. The van der Waals surface area contributed by atoms with E-state index in [2.05, 4.69) is 15.6 Å². The van der Waals surface area contributed by atoms with E-state index < -0.39 is 17.6 Å². The zero-order chi connectivity index (χ0) is 23.0. The molecule has 10 heteroatoms. The molecule has 2 atom stereocenters. The lowest BCUT2D eigenvalue weighted by Gasteiger charge is -2.21. The van der Waals surface area contributed by atoms with Crippen LogP contribution in [-0.4, -0.2) is 23.5 Å². The number of carbonyl (C=O) groups excluding carboxylic acids is 1. The molecule has 2 heterocycles. The van der Waals surface area contributed by atoms with E-state index in [9.17, 15) is 22.4 Å². The number of anilines is 2. The SMILES string of the molecule is C[C@@H](c1ccc(C(F)(F)F)cc1)[C@H](N)CNc1ncc(-c2cc(F)c3c(c2)CC(=O)N3)s1. The van der Waals surface area contributed by atoms with Crippen LogP contribution in [0.5, 0.6) is 0 Å². The number of nitrogens with two attached hydrogens (primary N) is 1. The van der Waals surface area contributed by atoms with Gasteiger partial charge in [-0.1, -0.05) is 30.4 Å². The number of nitrogens with one attached hydrogen (secondary N) is 2. The van der Waals surface area contributed by atoms with Gasteiger partial charge < -0.3 is 16.4 Å². The van der Waals surface area contributed by atoms with Gasteiger partial charge in [0, 0.05) is 18.8 Å². The quantitative estimate of drug-likeness (QED) is 0.449. The Labute approximate surface area is 185 Å². The summed E-state index contributed by atoms with van der Waals surface area (Å²) in [6.07, 6.45) is -2.62. The smallest absolute Gasteiger partial charge is 0.360 e. The molecule has 1 aliphatic rings. The van der Waals surface area contributed by atoms with Crippen LogP contribution >= 0.6 is 11.3 Å². The molecule has 1 amide bonds. The summed E-state index contributed by atoms with van der Waals surface area (Å²) >= 11 is 1.32. The van der Waals surface area contributed by atoms with E-state index in [1.54, 1.807) is 12.3 Å². The molecule has 4 N–H and O–H groups in total. The Bertz CT molecular complexity index is 1140. The van der Waals surface area contributed by atoms with Gasteiger partial charge in [-0.25, -0.2) is 9.37 Å². The molecule has 0 saturated heterocycles. The maximum absolute atomic E-state index is 14.3. The van der Waals surface area contributed by atoms with E-state index in [0.29, 0.717) is 28.4 Å². The second kappa shape index (κ2) is 8.51. The largest absolute Gasteiger partial charge is 0.416 e. The first-order valence-electron chi connectivity index (χ1n) is 9.87. The minimum atomic E-state index is -4.37. The third kappa shape index (κ3) is 4.61. The van der Waals surface area contributed by atoms with E-state index in [1.807, 2.05) is 6.92 Å². The summed E-state index contributed by atoms with van der Waals surface area (Å²) in [4.78, 5) is 16.5. The van der Waals surface area contributed by atoms with Gasteiger partial charge >= 0.3 is 6.18 Å².